The second kappa shape index (κ2) is 2.74. The van der Waals surface area contributed by atoms with Crippen molar-refractivity contribution in [3.8, 4) is 0 Å². The van der Waals surface area contributed by atoms with Crippen LogP contribution < -0.4 is 0 Å². The molecule has 1 aliphatic heterocycles. The average Bonchev–Trinajstić information content (AvgIpc) is 2.26. The molecule has 1 fully saturated rings. The number of hydrogen-bond acceptors (Lipinski definition) is 1. The van der Waals surface area contributed by atoms with E-state index >= 15 is 0 Å². The van der Waals surface area contributed by atoms with Crippen LogP contribution >= 0.6 is 0 Å². The number of carbonyl (C=O) groups excluding carboxylic acids is 1. The zero-order valence-corrected chi connectivity index (χ0v) is 6.42. The molecule has 0 N–H and O–H groups in total. The third-order valence-corrected chi connectivity index (χ3v) is 1.82. The van der Waals surface area contributed by atoms with Gasteiger partial charge in [0.05, 0.1) is 5.92 Å². The summed E-state index contributed by atoms with van der Waals surface area (Å²) in [5, 5.41) is 0. The molecule has 2 heteroatoms. The van der Waals surface area contributed by atoms with Crippen molar-refractivity contribution in [3.05, 3.63) is 37.6 Å². The van der Waals surface area contributed by atoms with E-state index in [4.69, 9.17) is 0 Å². The summed E-state index contributed by atoms with van der Waals surface area (Å²) in [5.74, 6) is -0.173. The molecular weight excluding hydrogens is 138 g/mol. The summed E-state index contributed by atoms with van der Waals surface area (Å²) >= 11 is 0. The van der Waals surface area contributed by atoms with Gasteiger partial charge in [0.25, 0.3) is 0 Å². The zero-order chi connectivity index (χ0) is 8.43. The van der Waals surface area contributed by atoms with E-state index in [9.17, 15) is 4.79 Å². The quantitative estimate of drug-likeness (QED) is 0.542. The van der Waals surface area contributed by atoms with Crippen molar-refractivity contribution < 1.29 is 4.79 Å². The fraction of sp³-hybridized carbons (Fsp3) is 0.222. The summed E-state index contributed by atoms with van der Waals surface area (Å²) in [6, 6.07) is 0. The van der Waals surface area contributed by atoms with Gasteiger partial charge >= 0.3 is 0 Å². The molecule has 0 bridgehead atoms. The van der Waals surface area contributed by atoms with E-state index in [2.05, 4.69) is 19.7 Å². The Morgan fingerprint density at radius 1 is 1.55 bits per heavy atom. The van der Waals surface area contributed by atoms with Crippen molar-refractivity contribution in [2.75, 3.05) is 6.54 Å². The van der Waals surface area contributed by atoms with Gasteiger partial charge in [-0.15, -0.1) is 6.58 Å². The predicted molar refractivity (Wildman–Crippen MR) is 44.7 cm³/mol. The molecule has 0 saturated carbocycles. The van der Waals surface area contributed by atoms with E-state index in [-0.39, 0.29) is 11.8 Å². The molecule has 2 nitrogen and oxygen atoms in total. The summed E-state index contributed by atoms with van der Waals surface area (Å²) in [7, 11) is 0. The van der Waals surface area contributed by atoms with Gasteiger partial charge in [-0.1, -0.05) is 19.2 Å². The van der Waals surface area contributed by atoms with Crippen LogP contribution in [0.25, 0.3) is 0 Å². The lowest BCUT2D eigenvalue weighted by atomic mass is 10.1. The van der Waals surface area contributed by atoms with E-state index in [1.165, 1.54) is 6.20 Å². The number of likely N-dealkylation sites (tertiary alicyclic amines) is 1. The lowest BCUT2D eigenvalue weighted by molar-refractivity contribution is -0.127. The number of nitrogens with zero attached hydrogens (tertiary/aromatic N) is 1. The Labute approximate surface area is 66.5 Å². The van der Waals surface area contributed by atoms with Crippen LogP contribution in [-0.2, 0) is 4.79 Å². The van der Waals surface area contributed by atoms with Crippen molar-refractivity contribution in [3.63, 3.8) is 0 Å². The maximum atomic E-state index is 11.3. The predicted octanol–water partition coefficient (Wildman–Crippen LogP) is 1.33. The maximum Gasteiger partial charge on any atom is 0.237 e. The highest BCUT2D eigenvalue weighted by Gasteiger charge is 2.30. The topological polar surface area (TPSA) is 20.3 Å². The van der Waals surface area contributed by atoms with Gasteiger partial charge in [-0.25, -0.2) is 0 Å². The Bertz CT molecular complexity index is 230. The molecule has 1 saturated heterocycles. The largest absolute Gasteiger partial charge is 0.315 e. The maximum absolute atomic E-state index is 11.3. The van der Waals surface area contributed by atoms with Gasteiger partial charge in [0.2, 0.25) is 5.91 Å². The molecular formula is C9H11NO. The summed E-state index contributed by atoms with van der Waals surface area (Å²) < 4.78 is 0. The van der Waals surface area contributed by atoms with Gasteiger partial charge < -0.3 is 4.90 Å². The fourth-order valence-electron chi connectivity index (χ4n) is 1.17. The van der Waals surface area contributed by atoms with Crippen LogP contribution in [0.15, 0.2) is 37.6 Å². The first-order valence-corrected chi connectivity index (χ1v) is 3.44. The summed E-state index contributed by atoms with van der Waals surface area (Å²) in [5.41, 5.74) is 0.893. The summed E-state index contributed by atoms with van der Waals surface area (Å²) in [4.78, 5) is 12.9. The monoisotopic (exact) mass is 149 g/mol. The van der Waals surface area contributed by atoms with Crippen molar-refractivity contribution >= 4 is 5.91 Å². The first-order valence-electron chi connectivity index (χ1n) is 3.44. The Balaban J connectivity index is 2.86. The Morgan fingerprint density at radius 3 is 2.45 bits per heavy atom. The molecule has 0 aromatic rings. The normalized spacial score (nSPS) is 24.0. The molecule has 0 aromatic carbocycles. The van der Waals surface area contributed by atoms with Crippen LogP contribution in [0, 0.1) is 5.92 Å². The van der Waals surface area contributed by atoms with Gasteiger partial charge in [0, 0.05) is 6.54 Å². The number of hydrogen-bond donors (Lipinski definition) is 0. The molecule has 1 amide bonds. The van der Waals surface area contributed by atoms with Gasteiger partial charge in [0.1, 0.15) is 0 Å². The van der Waals surface area contributed by atoms with Gasteiger partial charge in [-0.3, -0.25) is 4.79 Å². The Kier molecular flexibility index (Phi) is 1.94. The molecule has 1 unspecified atom stereocenters. The smallest absolute Gasteiger partial charge is 0.237 e. The molecule has 0 spiro atoms. The van der Waals surface area contributed by atoms with Crippen LogP contribution in [-0.4, -0.2) is 17.4 Å². The molecule has 1 aliphatic rings. The summed E-state index contributed by atoms with van der Waals surface area (Å²) in [6.45, 7) is 11.5. The molecule has 0 aliphatic carbocycles. The van der Waals surface area contributed by atoms with Crippen LogP contribution in [0.3, 0.4) is 0 Å². The highest BCUT2D eigenvalue weighted by molar-refractivity contribution is 5.87. The lowest BCUT2D eigenvalue weighted by Gasteiger charge is -2.06. The lowest BCUT2D eigenvalue weighted by Crippen LogP contribution is -2.20. The van der Waals surface area contributed by atoms with E-state index < -0.39 is 0 Å². The highest BCUT2D eigenvalue weighted by Crippen LogP contribution is 2.22. The standard InChI is InChI=1S/C9H11NO/c1-4-8-7(3)6-10(5-2)9(8)11/h4-5,8H,1-3,6H2. The van der Waals surface area contributed by atoms with Crippen molar-refractivity contribution in [2.24, 2.45) is 5.92 Å². The van der Waals surface area contributed by atoms with Crippen molar-refractivity contribution in [2.45, 2.75) is 0 Å². The SMILES string of the molecule is C=CC1C(=C)CN(C=C)C1=O. The van der Waals surface area contributed by atoms with Crippen molar-refractivity contribution in [1.82, 2.24) is 4.90 Å². The highest BCUT2D eigenvalue weighted by atomic mass is 16.2. The van der Waals surface area contributed by atoms with Crippen LogP contribution in [0.4, 0.5) is 0 Å². The minimum atomic E-state index is -0.201. The van der Waals surface area contributed by atoms with E-state index in [1.54, 1.807) is 11.0 Å². The van der Waals surface area contributed by atoms with Gasteiger partial charge in [-0.05, 0) is 11.8 Å². The minimum absolute atomic E-state index is 0.0278. The molecule has 1 rings (SSSR count). The molecule has 1 atom stereocenters. The van der Waals surface area contributed by atoms with Crippen LogP contribution in [0.1, 0.15) is 0 Å². The number of carbonyl (C=O) groups is 1. The minimum Gasteiger partial charge on any atom is -0.315 e. The first-order chi connectivity index (χ1) is 5.20. The average molecular weight is 149 g/mol. The molecule has 0 aromatic heterocycles. The van der Waals surface area contributed by atoms with Gasteiger partial charge in [0.15, 0.2) is 0 Å². The van der Waals surface area contributed by atoms with Crippen molar-refractivity contribution in [1.29, 1.82) is 0 Å². The zero-order valence-electron chi connectivity index (χ0n) is 6.42. The van der Waals surface area contributed by atoms with Crippen LogP contribution in [0.2, 0.25) is 0 Å². The third-order valence-electron chi connectivity index (χ3n) is 1.82. The first kappa shape index (κ1) is 7.79. The Hall–Kier alpha value is -1.31. The molecule has 0 radical (unpaired) electrons. The number of rotatable bonds is 2. The van der Waals surface area contributed by atoms with Gasteiger partial charge in [-0.2, -0.15) is 0 Å². The number of amides is 1. The fourth-order valence-corrected chi connectivity index (χ4v) is 1.17. The third kappa shape index (κ3) is 1.11. The second-order valence-electron chi connectivity index (χ2n) is 2.52. The molecule has 1 heterocycles. The Morgan fingerprint density at radius 2 is 2.18 bits per heavy atom. The van der Waals surface area contributed by atoms with E-state index in [0.717, 1.165) is 5.57 Å². The second-order valence-corrected chi connectivity index (χ2v) is 2.52. The van der Waals surface area contributed by atoms with E-state index in [1.807, 2.05) is 0 Å². The van der Waals surface area contributed by atoms with Crippen LogP contribution in [0.5, 0.6) is 0 Å². The molecule has 11 heavy (non-hydrogen) atoms. The molecule has 58 valence electrons. The van der Waals surface area contributed by atoms with E-state index in [0.29, 0.717) is 6.54 Å². The summed E-state index contributed by atoms with van der Waals surface area (Å²) in [6.07, 6.45) is 3.14.